The number of urea groups is 1. The standard InChI is InChI=1S/C22H30N6O2/c1-16-15-28-18-19(23-21(28)26(16)14-13-24(2)3)25(4)22(30)27(20(18)29)12-8-11-17-9-6-5-7-10-17/h5-7,9-10,15,18-19H,8,11-14H2,1-4H3. The molecule has 30 heavy (non-hydrogen) atoms. The van der Waals surface area contributed by atoms with Crippen LogP contribution in [0.15, 0.2) is 47.2 Å². The average molecular weight is 411 g/mol. The molecular formula is C22H30N6O2. The molecule has 1 aromatic rings. The molecule has 3 aliphatic rings. The maximum Gasteiger partial charge on any atom is 0.328 e. The van der Waals surface area contributed by atoms with Gasteiger partial charge in [-0.15, -0.1) is 0 Å². The van der Waals surface area contributed by atoms with Gasteiger partial charge in [0.25, 0.3) is 5.91 Å². The summed E-state index contributed by atoms with van der Waals surface area (Å²) >= 11 is 0. The fourth-order valence-electron chi connectivity index (χ4n) is 4.27. The third-order valence-electron chi connectivity index (χ3n) is 5.96. The van der Waals surface area contributed by atoms with E-state index in [9.17, 15) is 9.59 Å². The van der Waals surface area contributed by atoms with E-state index in [2.05, 4.69) is 21.9 Å². The van der Waals surface area contributed by atoms with E-state index in [-0.39, 0.29) is 11.9 Å². The summed E-state index contributed by atoms with van der Waals surface area (Å²) in [4.78, 5) is 40.2. The van der Waals surface area contributed by atoms with Crippen molar-refractivity contribution in [1.82, 2.24) is 24.5 Å². The number of nitrogens with zero attached hydrogens (tertiary/aromatic N) is 6. The number of guanidine groups is 1. The number of benzene rings is 1. The summed E-state index contributed by atoms with van der Waals surface area (Å²) in [6, 6.07) is 9.39. The fraction of sp³-hybridized carbons (Fsp3) is 0.500. The number of fused-ring (bicyclic) bond motifs is 3. The molecule has 1 fully saturated rings. The molecule has 8 nitrogen and oxygen atoms in total. The minimum atomic E-state index is -0.487. The van der Waals surface area contributed by atoms with Gasteiger partial charge in [0.2, 0.25) is 5.96 Å². The van der Waals surface area contributed by atoms with Crippen LogP contribution in [-0.2, 0) is 11.2 Å². The van der Waals surface area contributed by atoms with Gasteiger partial charge in [0.1, 0.15) is 0 Å². The summed E-state index contributed by atoms with van der Waals surface area (Å²) in [7, 11) is 5.81. The second-order valence-corrected chi connectivity index (χ2v) is 8.39. The molecule has 0 bridgehead atoms. The average Bonchev–Trinajstić information content (AvgIpc) is 3.23. The lowest BCUT2D eigenvalue weighted by atomic mass is 10.1. The van der Waals surface area contributed by atoms with Crippen molar-refractivity contribution in [2.75, 3.05) is 40.8 Å². The topological polar surface area (TPSA) is 62.7 Å². The minimum Gasteiger partial charge on any atom is -0.313 e. The van der Waals surface area contributed by atoms with Crippen LogP contribution in [0.2, 0.25) is 0 Å². The van der Waals surface area contributed by atoms with Crippen molar-refractivity contribution in [3.8, 4) is 0 Å². The van der Waals surface area contributed by atoms with Crippen molar-refractivity contribution < 1.29 is 9.59 Å². The molecule has 2 atom stereocenters. The molecule has 0 aromatic heterocycles. The minimum absolute atomic E-state index is 0.159. The number of amides is 3. The van der Waals surface area contributed by atoms with Crippen molar-refractivity contribution in [3.05, 3.63) is 47.8 Å². The van der Waals surface area contributed by atoms with E-state index < -0.39 is 12.2 Å². The van der Waals surface area contributed by atoms with Gasteiger partial charge in [-0.25, -0.2) is 9.79 Å². The number of aryl methyl sites for hydroxylation is 1. The lowest BCUT2D eigenvalue weighted by Crippen LogP contribution is -2.64. The van der Waals surface area contributed by atoms with Crippen LogP contribution in [0.1, 0.15) is 18.9 Å². The molecule has 160 valence electrons. The molecule has 2 unspecified atom stereocenters. The molecule has 4 rings (SSSR count). The zero-order valence-corrected chi connectivity index (χ0v) is 18.2. The summed E-state index contributed by atoms with van der Waals surface area (Å²) in [6.07, 6.45) is 3.09. The number of hydrogen-bond acceptors (Lipinski definition) is 6. The summed E-state index contributed by atoms with van der Waals surface area (Å²) in [5.41, 5.74) is 2.28. The second-order valence-electron chi connectivity index (χ2n) is 8.39. The van der Waals surface area contributed by atoms with Gasteiger partial charge in [-0.1, -0.05) is 30.3 Å². The third kappa shape index (κ3) is 3.56. The molecule has 0 spiro atoms. The van der Waals surface area contributed by atoms with Gasteiger partial charge < -0.3 is 19.6 Å². The highest BCUT2D eigenvalue weighted by atomic mass is 16.2. The van der Waals surface area contributed by atoms with Gasteiger partial charge in [0.05, 0.1) is 0 Å². The lowest BCUT2D eigenvalue weighted by molar-refractivity contribution is -0.136. The number of aliphatic imine (C=N–C) groups is 1. The predicted octanol–water partition coefficient (Wildman–Crippen LogP) is 1.62. The van der Waals surface area contributed by atoms with Crippen LogP contribution in [0.5, 0.6) is 0 Å². The van der Waals surface area contributed by atoms with E-state index in [1.54, 1.807) is 11.9 Å². The quantitative estimate of drug-likeness (QED) is 0.684. The number of carbonyl (C=O) groups excluding carboxylic acids is 2. The molecular weight excluding hydrogens is 380 g/mol. The summed E-state index contributed by atoms with van der Waals surface area (Å²) in [6.45, 7) is 4.11. The zero-order chi connectivity index (χ0) is 21.4. The highest BCUT2D eigenvalue weighted by Gasteiger charge is 2.53. The first-order valence-electron chi connectivity index (χ1n) is 10.5. The first kappa shape index (κ1) is 20.4. The number of likely N-dealkylation sites (N-methyl/N-ethyl adjacent to an activating group) is 2. The first-order chi connectivity index (χ1) is 14.4. The molecule has 1 saturated heterocycles. The summed E-state index contributed by atoms with van der Waals surface area (Å²) < 4.78 is 0. The van der Waals surface area contributed by atoms with Crippen LogP contribution in [0.3, 0.4) is 0 Å². The van der Waals surface area contributed by atoms with E-state index >= 15 is 0 Å². The largest absolute Gasteiger partial charge is 0.328 e. The second kappa shape index (κ2) is 8.10. The zero-order valence-electron chi connectivity index (χ0n) is 18.2. The van der Waals surface area contributed by atoms with Gasteiger partial charge in [0.15, 0.2) is 12.2 Å². The smallest absolute Gasteiger partial charge is 0.313 e. The van der Waals surface area contributed by atoms with E-state index in [1.165, 1.54) is 10.5 Å². The Labute approximate surface area is 178 Å². The molecule has 0 radical (unpaired) electrons. The monoisotopic (exact) mass is 410 g/mol. The molecule has 3 aliphatic heterocycles. The van der Waals surface area contributed by atoms with Crippen LogP contribution in [0.4, 0.5) is 4.79 Å². The van der Waals surface area contributed by atoms with Crippen LogP contribution < -0.4 is 0 Å². The van der Waals surface area contributed by atoms with E-state index in [0.717, 1.165) is 37.6 Å². The van der Waals surface area contributed by atoms with Crippen molar-refractivity contribution in [2.24, 2.45) is 4.99 Å². The predicted molar refractivity (Wildman–Crippen MR) is 116 cm³/mol. The van der Waals surface area contributed by atoms with Gasteiger partial charge in [-0.05, 0) is 39.4 Å². The molecule has 0 saturated carbocycles. The Balaban J connectivity index is 1.47. The maximum atomic E-state index is 13.3. The molecule has 8 heteroatoms. The Morgan fingerprint density at radius 1 is 1.07 bits per heavy atom. The van der Waals surface area contributed by atoms with Crippen LogP contribution in [0.25, 0.3) is 0 Å². The highest BCUT2D eigenvalue weighted by molar-refractivity contribution is 6.04. The Hall–Kier alpha value is -2.87. The van der Waals surface area contributed by atoms with Crippen LogP contribution >= 0.6 is 0 Å². The van der Waals surface area contributed by atoms with Gasteiger partial charge in [0, 0.05) is 38.6 Å². The fourth-order valence-corrected chi connectivity index (χ4v) is 4.27. The molecule has 0 aliphatic carbocycles. The number of allylic oxidation sites excluding steroid dienone is 1. The summed E-state index contributed by atoms with van der Waals surface area (Å²) in [5, 5.41) is 0. The van der Waals surface area contributed by atoms with Crippen molar-refractivity contribution in [2.45, 2.75) is 32.0 Å². The Morgan fingerprint density at radius 2 is 1.80 bits per heavy atom. The Bertz CT molecular complexity index is 881. The molecule has 3 amide bonds. The number of hydrogen-bond donors (Lipinski definition) is 0. The normalized spacial score (nSPS) is 23.2. The van der Waals surface area contributed by atoms with Crippen molar-refractivity contribution >= 4 is 17.9 Å². The van der Waals surface area contributed by atoms with E-state index in [4.69, 9.17) is 4.99 Å². The Morgan fingerprint density at radius 3 is 2.50 bits per heavy atom. The number of imide groups is 1. The SMILES string of the molecule is CC1=CN2C(=NC3C2C(=O)N(CCCc2ccccc2)C(=O)N3C)N1CCN(C)C. The van der Waals surface area contributed by atoms with Gasteiger partial charge in [-0.3, -0.25) is 9.69 Å². The maximum absolute atomic E-state index is 13.3. The van der Waals surface area contributed by atoms with Crippen LogP contribution in [-0.4, -0.2) is 95.4 Å². The number of carbonyl (C=O) groups is 2. The lowest BCUT2D eigenvalue weighted by Gasteiger charge is -2.40. The molecule has 1 aromatic carbocycles. The van der Waals surface area contributed by atoms with Gasteiger partial charge in [-0.2, -0.15) is 0 Å². The van der Waals surface area contributed by atoms with Crippen LogP contribution in [0, 0.1) is 0 Å². The van der Waals surface area contributed by atoms with Crippen molar-refractivity contribution in [3.63, 3.8) is 0 Å². The number of rotatable bonds is 7. The molecule has 0 N–H and O–H groups in total. The molecule has 3 heterocycles. The Kier molecular flexibility index (Phi) is 5.51. The van der Waals surface area contributed by atoms with E-state index in [1.807, 2.05) is 50.3 Å². The summed E-state index contributed by atoms with van der Waals surface area (Å²) in [5.74, 6) is 0.608. The van der Waals surface area contributed by atoms with Crippen molar-refractivity contribution in [1.29, 1.82) is 0 Å². The van der Waals surface area contributed by atoms with Gasteiger partial charge >= 0.3 is 6.03 Å². The third-order valence-corrected chi connectivity index (χ3v) is 5.96. The first-order valence-corrected chi connectivity index (χ1v) is 10.5. The van der Waals surface area contributed by atoms with E-state index in [0.29, 0.717) is 6.54 Å². The highest BCUT2D eigenvalue weighted by Crippen LogP contribution is 2.33.